The molecule has 0 aromatic heterocycles. The molecule has 3 rings (SSSR count). The van der Waals surface area contributed by atoms with E-state index in [0.717, 1.165) is 27.9 Å². The maximum absolute atomic E-state index is 9.52. The van der Waals surface area contributed by atoms with E-state index in [9.17, 15) is 5.11 Å². The van der Waals surface area contributed by atoms with Gasteiger partial charge in [0.05, 0.1) is 0 Å². The highest BCUT2D eigenvalue weighted by Crippen LogP contribution is 2.35. The van der Waals surface area contributed by atoms with Crippen molar-refractivity contribution in [3.8, 4) is 16.9 Å². The second-order valence-corrected chi connectivity index (χ2v) is 5.81. The van der Waals surface area contributed by atoms with Gasteiger partial charge in [0.2, 0.25) is 0 Å². The van der Waals surface area contributed by atoms with Crippen LogP contribution in [-0.4, -0.2) is 29.0 Å². The SMILES string of the molecule is CC.CCO.CO.Cc1ccc(-c2ccc3cc(O)ccc3c2Br)cc1. The summed E-state index contributed by atoms with van der Waals surface area (Å²) in [7, 11) is 1.00. The first-order chi connectivity index (χ1) is 12.6. The number of phenols is 1. The molecule has 0 radical (unpaired) electrons. The minimum Gasteiger partial charge on any atom is -0.508 e. The lowest BCUT2D eigenvalue weighted by molar-refractivity contribution is 0.318. The van der Waals surface area contributed by atoms with E-state index >= 15 is 0 Å². The summed E-state index contributed by atoms with van der Waals surface area (Å²) >= 11 is 3.68. The third kappa shape index (κ3) is 6.79. The van der Waals surface area contributed by atoms with Gasteiger partial charge in [-0.2, -0.15) is 0 Å². The minimum absolute atomic E-state index is 0.250. The summed E-state index contributed by atoms with van der Waals surface area (Å²) in [5, 5.41) is 26.2. The van der Waals surface area contributed by atoms with Gasteiger partial charge in [-0.25, -0.2) is 0 Å². The van der Waals surface area contributed by atoms with Crippen LogP contribution in [0.2, 0.25) is 0 Å². The van der Waals surface area contributed by atoms with Gasteiger partial charge in [-0.3, -0.25) is 0 Å². The third-order valence-electron chi connectivity index (χ3n) is 3.30. The van der Waals surface area contributed by atoms with Crippen LogP contribution < -0.4 is 0 Å². The van der Waals surface area contributed by atoms with Crippen LogP contribution in [0.3, 0.4) is 0 Å². The monoisotopic (exact) mass is 420 g/mol. The van der Waals surface area contributed by atoms with Gasteiger partial charge in [0.25, 0.3) is 0 Å². The van der Waals surface area contributed by atoms with Crippen molar-refractivity contribution in [2.75, 3.05) is 13.7 Å². The molecular formula is C22H29BrO3. The highest BCUT2D eigenvalue weighted by molar-refractivity contribution is 9.10. The summed E-state index contributed by atoms with van der Waals surface area (Å²) in [4.78, 5) is 0. The van der Waals surface area contributed by atoms with Gasteiger partial charge in [-0.05, 0) is 69.9 Å². The fourth-order valence-corrected chi connectivity index (χ4v) is 2.96. The molecule has 0 atom stereocenters. The average molecular weight is 421 g/mol. The van der Waals surface area contributed by atoms with Crippen LogP contribution in [0.1, 0.15) is 26.3 Å². The first-order valence-corrected chi connectivity index (χ1v) is 9.40. The average Bonchev–Trinajstić information content (AvgIpc) is 2.67. The second kappa shape index (κ2) is 13.3. The van der Waals surface area contributed by atoms with Gasteiger partial charge in [0, 0.05) is 18.2 Å². The molecule has 0 aliphatic rings. The van der Waals surface area contributed by atoms with Crippen molar-refractivity contribution in [1.29, 1.82) is 0 Å². The topological polar surface area (TPSA) is 60.7 Å². The van der Waals surface area contributed by atoms with Crippen molar-refractivity contribution < 1.29 is 15.3 Å². The molecular weight excluding hydrogens is 392 g/mol. The first kappa shape index (κ1) is 24.1. The largest absolute Gasteiger partial charge is 0.508 e. The number of halogens is 1. The molecule has 0 bridgehead atoms. The molecule has 0 saturated heterocycles. The summed E-state index contributed by atoms with van der Waals surface area (Å²) in [6.07, 6.45) is 0. The fraction of sp³-hybridized carbons (Fsp3) is 0.273. The number of aliphatic hydroxyl groups excluding tert-OH is 2. The predicted molar refractivity (Wildman–Crippen MR) is 116 cm³/mol. The Morgan fingerprint density at radius 3 is 1.96 bits per heavy atom. The Balaban J connectivity index is 0.000000793. The third-order valence-corrected chi connectivity index (χ3v) is 4.15. The summed E-state index contributed by atoms with van der Waals surface area (Å²) in [5.41, 5.74) is 3.61. The molecule has 0 spiro atoms. The van der Waals surface area contributed by atoms with Gasteiger partial charge in [-0.1, -0.05) is 55.8 Å². The summed E-state index contributed by atoms with van der Waals surface area (Å²) < 4.78 is 1.06. The lowest BCUT2D eigenvalue weighted by Crippen LogP contribution is -1.83. The van der Waals surface area contributed by atoms with Crippen LogP contribution in [0.4, 0.5) is 0 Å². The molecule has 0 amide bonds. The number of fused-ring (bicyclic) bond motifs is 1. The van der Waals surface area contributed by atoms with Crippen molar-refractivity contribution >= 4 is 26.7 Å². The van der Waals surface area contributed by atoms with Crippen LogP contribution in [0, 0.1) is 6.92 Å². The quantitative estimate of drug-likeness (QED) is 0.457. The van der Waals surface area contributed by atoms with Crippen LogP contribution >= 0.6 is 15.9 Å². The highest BCUT2D eigenvalue weighted by Gasteiger charge is 2.07. The molecule has 3 nitrogen and oxygen atoms in total. The maximum atomic E-state index is 9.52. The zero-order valence-electron chi connectivity index (χ0n) is 16.1. The van der Waals surface area contributed by atoms with Gasteiger partial charge in [0.1, 0.15) is 5.75 Å². The molecule has 3 aromatic rings. The van der Waals surface area contributed by atoms with Gasteiger partial charge in [0.15, 0.2) is 0 Å². The molecule has 0 aliphatic carbocycles. The highest BCUT2D eigenvalue weighted by atomic mass is 79.9. The Morgan fingerprint density at radius 1 is 0.885 bits per heavy atom. The van der Waals surface area contributed by atoms with Crippen molar-refractivity contribution in [1.82, 2.24) is 0 Å². The molecule has 0 heterocycles. The van der Waals surface area contributed by atoms with Gasteiger partial charge < -0.3 is 15.3 Å². The molecule has 0 unspecified atom stereocenters. The summed E-state index contributed by atoms with van der Waals surface area (Å²) in [6.45, 7) is 8.02. The van der Waals surface area contributed by atoms with E-state index < -0.39 is 0 Å². The number of benzene rings is 3. The Hall–Kier alpha value is -1.88. The van der Waals surface area contributed by atoms with Crippen LogP contribution in [0.5, 0.6) is 5.75 Å². The van der Waals surface area contributed by atoms with Gasteiger partial charge >= 0.3 is 0 Å². The predicted octanol–water partition coefficient (Wildman–Crippen LogP) is 5.92. The van der Waals surface area contributed by atoms with E-state index in [1.54, 1.807) is 19.1 Å². The zero-order valence-corrected chi connectivity index (χ0v) is 17.7. The Bertz CT molecular complexity index is 768. The van der Waals surface area contributed by atoms with Crippen molar-refractivity contribution in [3.05, 3.63) is 64.6 Å². The summed E-state index contributed by atoms with van der Waals surface area (Å²) in [5.74, 6) is 0.294. The zero-order chi connectivity index (χ0) is 20.1. The standard InChI is InChI=1S/C17H13BrO.C2H6O.C2H6.CH4O/c1-11-2-4-12(5-3-11)15-8-6-13-10-14(19)7-9-16(13)17(15)18;1-2-3;2*1-2/h2-10,19H,1H3;3H,2H2,1H3;1-2H3;2H,1H3. The van der Waals surface area contributed by atoms with Crippen molar-refractivity contribution in [2.24, 2.45) is 0 Å². The second-order valence-electron chi connectivity index (χ2n) is 5.01. The number of hydrogen-bond donors (Lipinski definition) is 3. The molecule has 142 valence electrons. The minimum atomic E-state index is 0.250. The van der Waals surface area contributed by atoms with Crippen LogP contribution in [-0.2, 0) is 0 Å². The Labute approximate surface area is 165 Å². The van der Waals surface area contributed by atoms with E-state index in [-0.39, 0.29) is 6.61 Å². The smallest absolute Gasteiger partial charge is 0.116 e. The summed E-state index contributed by atoms with van der Waals surface area (Å²) in [6, 6.07) is 18.0. The molecule has 0 fully saturated rings. The lowest BCUT2D eigenvalue weighted by atomic mass is 10.0. The molecule has 4 heteroatoms. The Morgan fingerprint density at radius 2 is 1.42 bits per heavy atom. The number of rotatable bonds is 1. The fourth-order valence-electron chi connectivity index (χ4n) is 2.24. The Kier molecular flexibility index (Phi) is 12.4. The normalized spacial score (nSPS) is 9.08. The van der Waals surface area contributed by atoms with E-state index in [0.29, 0.717) is 5.75 Å². The van der Waals surface area contributed by atoms with E-state index in [1.807, 2.05) is 26.0 Å². The number of aliphatic hydroxyl groups is 2. The lowest BCUT2D eigenvalue weighted by Gasteiger charge is -2.09. The first-order valence-electron chi connectivity index (χ1n) is 8.60. The number of aromatic hydroxyl groups is 1. The van der Waals surface area contributed by atoms with E-state index in [4.69, 9.17) is 10.2 Å². The van der Waals surface area contributed by atoms with Crippen molar-refractivity contribution in [2.45, 2.75) is 27.7 Å². The maximum Gasteiger partial charge on any atom is 0.116 e. The van der Waals surface area contributed by atoms with E-state index in [1.165, 1.54) is 11.1 Å². The molecule has 0 aliphatic heterocycles. The molecule has 3 aromatic carbocycles. The number of hydrogen-bond acceptors (Lipinski definition) is 3. The number of aryl methyl sites for hydroxylation is 1. The van der Waals surface area contributed by atoms with Crippen LogP contribution in [0.15, 0.2) is 59.1 Å². The number of phenolic OH excluding ortho intramolecular Hbond substituents is 1. The van der Waals surface area contributed by atoms with Crippen LogP contribution in [0.25, 0.3) is 21.9 Å². The van der Waals surface area contributed by atoms with Gasteiger partial charge in [-0.15, -0.1) is 0 Å². The van der Waals surface area contributed by atoms with E-state index in [2.05, 4.69) is 53.2 Å². The molecule has 26 heavy (non-hydrogen) atoms. The molecule has 3 N–H and O–H groups in total. The van der Waals surface area contributed by atoms with Crippen molar-refractivity contribution in [3.63, 3.8) is 0 Å². The molecule has 0 saturated carbocycles.